The molecule has 4 unspecified atom stereocenters. The maximum Gasteiger partial charge on any atom is 0.326 e. The molecular weight excluding hydrogens is 474 g/mol. The number of nitrogens with two attached hydrogens (primary N) is 4. The molecule has 0 saturated heterocycles. The van der Waals surface area contributed by atoms with Crippen LogP contribution in [0.15, 0.2) is 0 Å². The van der Waals surface area contributed by atoms with Crippen LogP contribution in [-0.2, 0) is 33.6 Å². The maximum absolute atomic E-state index is 12.7. The number of primary amides is 3. The van der Waals surface area contributed by atoms with E-state index < -0.39 is 78.4 Å². The van der Waals surface area contributed by atoms with Gasteiger partial charge in [0.25, 0.3) is 0 Å². The first-order valence-corrected chi connectivity index (χ1v) is 11.4. The van der Waals surface area contributed by atoms with Crippen LogP contribution in [0.5, 0.6) is 0 Å². The third-order valence-electron chi connectivity index (χ3n) is 4.34. The monoisotopic (exact) mass is 505 g/mol. The molecule has 0 aliphatic rings. The molecule has 0 rings (SSSR count). The predicted octanol–water partition coefficient (Wildman–Crippen LogP) is -4.38. The van der Waals surface area contributed by atoms with Gasteiger partial charge in [0, 0.05) is 6.42 Å². The number of carbonyl (C=O) groups is 7. The van der Waals surface area contributed by atoms with Crippen molar-refractivity contribution in [1.29, 1.82) is 0 Å². The Labute approximate surface area is 199 Å². The summed E-state index contributed by atoms with van der Waals surface area (Å²) in [5, 5.41) is 15.8. The molecule has 0 aromatic carbocycles. The summed E-state index contributed by atoms with van der Waals surface area (Å²) in [5.41, 5.74) is 20.9. The average molecular weight is 506 g/mol. The molecule has 0 aromatic heterocycles. The highest BCUT2D eigenvalue weighted by Crippen LogP contribution is 2.04. The fourth-order valence-electron chi connectivity index (χ4n) is 2.57. The minimum atomic E-state index is -1.60. The van der Waals surface area contributed by atoms with E-state index in [1.807, 2.05) is 0 Å². The van der Waals surface area contributed by atoms with Crippen molar-refractivity contribution in [2.24, 2.45) is 22.9 Å². The van der Waals surface area contributed by atoms with Crippen molar-refractivity contribution in [3.63, 3.8) is 0 Å². The highest BCUT2D eigenvalue weighted by atomic mass is 32.2. The Kier molecular flexibility index (Phi) is 13.9. The van der Waals surface area contributed by atoms with Gasteiger partial charge < -0.3 is 44.0 Å². The second-order valence-electron chi connectivity index (χ2n) is 7.26. The zero-order valence-corrected chi connectivity index (χ0v) is 19.4. The van der Waals surface area contributed by atoms with Crippen LogP contribution in [-0.4, -0.2) is 82.7 Å². The molecule has 0 fully saturated rings. The minimum Gasteiger partial charge on any atom is -0.480 e. The molecule has 0 spiro atoms. The van der Waals surface area contributed by atoms with Crippen LogP contribution in [0.3, 0.4) is 0 Å². The van der Waals surface area contributed by atoms with E-state index in [1.165, 1.54) is 11.8 Å². The van der Waals surface area contributed by atoms with Gasteiger partial charge in [-0.05, 0) is 24.9 Å². The molecule has 6 amide bonds. The summed E-state index contributed by atoms with van der Waals surface area (Å²) < 4.78 is 0. The molecule has 0 bridgehead atoms. The van der Waals surface area contributed by atoms with Crippen LogP contribution in [0.1, 0.15) is 32.1 Å². The first-order valence-electron chi connectivity index (χ1n) is 10.0. The van der Waals surface area contributed by atoms with Crippen LogP contribution in [0.2, 0.25) is 0 Å². The van der Waals surface area contributed by atoms with Gasteiger partial charge in [0.1, 0.15) is 18.1 Å². The summed E-state index contributed by atoms with van der Waals surface area (Å²) in [6.45, 7) is 0. The Hall–Kier alpha value is -3.40. The molecule has 0 aromatic rings. The first-order chi connectivity index (χ1) is 15.8. The van der Waals surface area contributed by atoms with Gasteiger partial charge in [-0.25, -0.2) is 4.79 Å². The van der Waals surface area contributed by atoms with Gasteiger partial charge in [0.2, 0.25) is 35.4 Å². The Morgan fingerprint density at radius 3 is 1.56 bits per heavy atom. The summed E-state index contributed by atoms with van der Waals surface area (Å²) in [7, 11) is 0. The van der Waals surface area contributed by atoms with Gasteiger partial charge in [-0.1, -0.05) is 0 Å². The average Bonchev–Trinajstić information content (AvgIpc) is 2.72. The molecular formula is C18H31N7O8S. The molecule has 0 aliphatic heterocycles. The lowest BCUT2D eigenvalue weighted by molar-refractivity contribution is -0.142. The lowest BCUT2D eigenvalue weighted by atomic mass is 10.1. The van der Waals surface area contributed by atoms with Crippen molar-refractivity contribution in [3.05, 3.63) is 0 Å². The van der Waals surface area contributed by atoms with Crippen LogP contribution in [0.4, 0.5) is 0 Å². The summed E-state index contributed by atoms with van der Waals surface area (Å²) in [4.78, 5) is 82.5. The van der Waals surface area contributed by atoms with E-state index >= 15 is 0 Å². The Morgan fingerprint density at radius 1 is 0.735 bits per heavy atom. The van der Waals surface area contributed by atoms with E-state index in [-0.39, 0.29) is 19.3 Å². The zero-order valence-electron chi connectivity index (χ0n) is 18.6. The molecule has 12 N–H and O–H groups in total. The second-order valence-corrected chi connectivity index (χ2v) is 8.24. The zero-order chi connectivity index (χ0) is 26.4. The van der Waals surface area contributed by atoms with Gasteiger partial charge >= 0.3 is 5.97 Å². The second kappa shape index (κ2) is 15.4. The molecule has 0 saturated carbocycles. The number of nitrogens with one attached hydrogen (secondary N) is 3. The quantitative estimate of drug-likeness (QED) is 0.0939. The van der Waals surface area contributed by atoms with E-state index in [0.717, 1.165) is 0 Å². The van der Waals surface area contributed by atoms with Gasteiger partial charge in [-0.15, -0.1) is 0 Å². The van der Waals surface area contributed by atoms with E-state index in [9.17, 15) is 38.7 Å². The molecule has 4 atom stereocenters. The summed E-state index contributed by atoms with van der Waals surface area (Å²) in [6.07, 6.45) is 0.0972. The lowest BCUT2D eigenvalue weighted by Crippen LogP contribution is -2.58. The standard InChI is InChI=1S/C18H31N7O8S/c1-34-5-4-9(18(32)33)23-16(30)11(7-14(22)28)25-17(31)10(6-13(21)27)24-15(29)8(19)2-3-12(20)26/h8-11H,2-7,19H2,1H3,(H2,20,26)(H2,21,27)(H2,22,28)(H,23,30)(H,24,29)(H,25,31)(H,32,33). The van der Waals surface area contributed by atoms with Crippen molar-refractivity contribution in [2.45, 2.75) is 56.3 Å². The van der Waals surface area contributed by atoms with Crippen molar-refractivity contribution >= 4 is 53.2 Å². The van der Waals surface area contributed by atoms with Gasteiger partial charge in [0.15, 0.2) is 0 Å². The Morgan fingerprint density at radius 2 is 1.18 bits per heavy atom. The predicted molar refractivity (Wildman–Crippen MR) is 120 cm³/mol. The Bertz CT molecular complexity index is 794. The van der Waals surface area contributed by atoms with Gasteiger partial charge in [-0.3, -0.25) is 28.8 Å². The Balaban J connectivity index is 5.48. The van der Waals surface area contributed by atoms with Crippen molar-refractivity contribution in [2.75, 3.05) is 12.0 Å². The fourth-order valence-corrected chi connectivity index (χ4v) is 3.04. The summed E-state index contributed by atoms with van der Waals surface area (Å²) >= 11 is 1.35. The van der Waals surface area contributed by atoms with Crippen LogP contribution in [0, 0.1) is 0 Å². The molecule has 0 aliphatic carbocycles. The number of carbonyl (C=O) groups excluding carboxylic acids is 6. The van der Waals surface area contributed by atoms with E-state index in [0.29, 0.717) is 5.75 Å². The maximum atomic E-state index is 12.7. The third-order valence-corrected chi connectivity index (χ3v) is 4.98. The van der Waals surface area contributed by atoms with E-state index in [4.69, 9.17) is 22.9 Å². The molecule has 192 valence electrons. The normalized spacial score (nSPS) is 14.1. The molecule has 0 radical (unpaired) electrons. The van der Waals surface area contributed by atoms with Crippen molar-refractivity contribution in [1.82, 2.24) is 16.0 Å². The minimum absolute atomic E-state index is 0.0724. The van der Waals surface area contributed by atoms with Gasteiger partial charge in [-0.2, -0.15) is 11.8 Å². The SMILES string of the molecule is CSCCC(NC(=O)C(CC(N)=O)NC(=O)C(CC(N)=O)NC(=O)C(N)CCC(N)=O)C(=O)O. The lowest BCUT2D eigenvalue weighted by Gasteiger charge is -2.24. The largest absolute Gasteiger partial charge is 0.480 e. The molecule has 34 heavy (non-hydrogen) atoms. The first kappa shape index (κ1) is 30.6. The molecule has 15 nitrogen and oxygen atoms in total. The summed E-state index contributed by atoms with van der Waals surface area (Å²) in [5.74, 6) is -6.57. The van der Waals surface area contributed by atoms with E-state index in [2.05, 4.69) is 16.0 Å². The topological polar surface area (TPSA) is 280 Å². The van der Waals surface area contributed by atoms with Crippen LogP contribution >= 0.6 is 11.8 Å². The van der Waals surface area contributed by atoms with Crippen molar-refractivity contribution < 1.29 is 38.7 Å². The summed E-state index contributed by atoms with van der Waals surface area (Å²) in [6, 6.07) is -5.72. The van der Waals surface area contributed by atoms with E-state index in [1.54, 1.807) is 6.26 Å². The number of thioether (sulfide) groups is 1. The third kappa shape index (κ3) is 12.6. The number of amides is 6. The number of aliphatic carboxylic acids is 1. The molecule has 0 heterocycles. The number of rotatable bonds is 17. The smallest absolute Gasteiger partial charge is 0.326 e. The number of carboxylic acid groups (broad SMARTS) is 1. The van der Waals surface area contributed by atoms with Crippen LogP contribution < -0.4 is 38.9 Å². The highest BCUT2D eigenvalue weighted by molar-refractivity contribution is 7.98. The highest BCUT2D eigenvalue weighted by Gasteiger charge is 2.31. The van der Waals surface area contributed by atoms with Crippen molar-refractivity contribution in [3.8, 4) is 0 Å². The fraction of sp³-hybridized carbons (Fsp3) is 0.611. The van der Waals surface area contributed by atoms with Gasteiger partial charge in [0.05, 0.1) is 18.9 Å². The van der Waals surface area contributed by atoms with Crippen LogP contribution in [0.25, 0.3) is 0 Å². The molecule has 16 heteroatoms. The number of hydrogen-bond acceptors (Lipinski definition) is 9. The number of carboxylic acids is 1. The number of hydrogen-bond donors (Lipinski definition) is 8.